The number of rotatable bonds is 9. The van der Waals surface area contributed by atoms with Crippen molar-refractivity contribution in [3.63, 3.8) is 0 Å². The van der Waals surface area contributed by atoms with Gasteiger partial charge in [-0.2, -0.15) is 5.10 Å². The second-order valence-electron chi connectivity index (χ2n) is 12.1. The first-order valence-corrected chi connectivity index (χ1v) is 15.8. The number of aromatic nitrogens is 6. The first kappa shape index (κ1) is 28.3. The zero-order valence-electron chi connectivity index (χ0n) is 25.2. The Morgan fingerprint density at radius 1 is 1.02 bits per heavy atom. The average molecular weight is 617 g/mol. The van der Waals surface area contributed by atoms with Gasteiger partial charge in [0.15, 0.2) is 0 Å². The molecule has 11 heteroatoms. The molecule has 8 rings (SSSR count). The predicted molar refractivity (Wildman–Crippen MR) is 175 cm³/mol. The second kappa shape index (κ2) is 12.0. The Bertz CT molecular complexity index is 2060. The topological polar surface area (TPSA) is 125 Å². The van der Waals surface area contributed by atoms with E-state index in [4.69, 9.17) is 9.72 Å². The number of amides is 1. The maximum absolute atomic E-state index is 14.8. The highest BCUT2D eigenvalue weighted by atomic mass is 19.1. The van der Waals surface area contributed by atoms with Gasteiger partial charge in [0.05, 0.1) is 28.8 Å². The third-order valence-electron chi connectivity index (χ3n) is 9.03. The number of carbonyl (C=O) groups excluding carboxylic acids is 1. The molecule has 0 spiro atoms. The molecule has 0 atom stereocenters. The molecule has 2 aliphatic rings. The van der Waals surface area contributed by atoms with E-state index in [1.54, 1.807) is 18.6 Å². The van der Waals surface area contributed by atoms with Crippen LogP contribution in [0.4, 0.5) is 10.1 Å². The van der Waals surface area contributed by atoms with E-state index in [9.17, 15) is 9.18 Å². The number of anilines is 1. The first-order chi connectivity index (χ1) is 22.6. The lowest BCUT2D eigenvalue weighted by Crippen LogP contribution is -2.28. The summed E-state index contributed by atoms with van der Waals surface area (Å²) < 4.78 is 20.8. The number of benzene rings is 1. The maximum Gasteiger partial charge on any atom is 0.227 e. The van der Waals surface area contributed by atoms with Crippen molar-refractivity contribution < 1.29 is 13.9 Å². The molecule has 6 aromatic rings. The van der Waals surface area contributed by atoms with Crippen molar-refractivity contribution in [2.45, 2.75) is 32.1 Å². The Balaban J connectivity index is 1.09. The first-order valence-electron chi connectivity index (χ1n) is 15.8. The Kier molecular flexibility index (Phi) is 7.37. The van der Waals surface area contributed by atoms with Gasteiger partial charge in [0.1, 0.15) is 35.0 Å². The quantitative estimate of drug-likeness (QED) is 0.168. The molecule has 3 N–H and O–H groups in total. The van der Waals surface area contributed by atoms with Crippen LogP contribution in [-0.2, 0) is 4.79 Å². The van der Waals surface area contributed by atoms with E-state index in [0.717, 1.165) is 66.6 Å². The molecule has 0 unspecified atom stereocenters. The number of pyridine rings is 3. The average Bonchev–Trinajstić information content (AvgIpc) is 3.79. The summed E-state index contributed by atoms with van der Waals surface area (Å²) in [6, 6.07) is 14.4. The minimum absolute atomic E-state index is 0.0389. The minimum atomic E-state index is -0.356. The van der Waals surface area contributed by atoms with Gasteiger partial charge in [-0.1, -0.05) is 6.42 Å². The number of nitrogens with zero attached hydrogens (tertiary/aromatic N) is 5. The summed E-state index contributed by atoms with van der Waals surface area (Å²) in [6.07, 6.45) is 10.5. The van der Waals surface area contributed by atoms with Crippen LogP contribution in [0.25, 0.3) is 55.8 Å². The predicted octanol–water partition coefficient (Wildman–Crippen LogP) is 6.58. The molecule has 1 saturated heterocycles. The van der Waals surface area contributed by atoms with Gasteiger partial charge in [0.25, 0.3) is 0 Å². The minimum Gasteiger partial charge on any atom is -0.492 e. The van der Waals surface area contributed by atoms with Gasteiger partial charge < -0.3 is 15.0 Å². The molecule has 2 fully saturated rings. The zero-order chi connectivity index (χ0) is 31.0. The Hall–Kier alpha value is -5.16. The molecule has 1 amide bonds. The lowest BCUT2D eigenvalue weighted by Gasteiger charge is -2.24. The van der Waals surface area contributed by atoms with Gasteiger partial charge in [-0.3, -0.25) is 19.8 Å². The van der Waals surface area contributed by atoms with Crippen molar-refractivity contribution in [2.75, 3.05) is 31.6 Å². The van der Waals surface area contributed by atoms with Crippen molar-refractivity contribution in [2.24, 2.45) is 5.92 Å². The molecule has 1 aromatic carbocycles. The van der Waals surface area contributed by atoms with E-state index in [1.807, 2.05) is 36.4 Å². The van der Waals surface area contributed by atoms with Crippen molar-refractivity contribution in [1.82, 2.24) is 35.0 Å². The highest BCUT2D eigenvalue weighted by Crippen LogP contribution is 2.35. The van der Waals surface area contributed by atoms with Crippen LogP contribution in [0.2, 0.25) is 0 Å². The normalized spacial score (nSPS) is 15.4. The SMILES string of the molecule is O=C(Nc1cncc(-c2ccc3[nH]nc(-c4cc5c(-c6cc(F)cc(OCCN7CCCC7)c6)ccnc5[nH]4)c3n2)c1)C1CCC1. The van der Waals surface area contributed by atoms with Crippen LogP contribution in [0.5, 0.6) is 5.75 Å². The summed E-state index contributed by atoms with van der Waals surface area (Å²) in [5.41, 5.74) is 7.13. The Morgan fingerprint density at radius 3 is 2.76 bits per heavy atom. The van der Waals surface area contributed by atoms with Crippen LogP contribution >= 0.6 is 0 Å². The highest BCUT2D eigenvalue weighted by molar-refractivity contribution is 5.99. The number of carbonyl (C=O) groups is 1. The lowest BCUT2D eigenvalue weighted by atomic mass is 9.85. The van der Waals surface area contributed by atoms with E-state index in [0.29, 0.717) is 46.2 Å². The maximum atomic E-state index is 14.8. The molecular formula is C35H33FN8O2. The van der Waals surface area contributed by atoms with Crippen molar-refractivity contribution in [1.29, 1.82) is 0 Å². The molecule has 232 valence electrons. The van der Waals surface area contributed by atoms with Crippen molar-refractivity contribution in [3.05, 3.63) is 72.9 Å². The fraction of sp³-hybridized carbons (Fsp3) is 0.286. The number of ether oxygens (including phenoxy) is 1. The zero-order valence-corrected chi connectivity index (χ0v) is 25.2. The van der Waals surface area contributed by atoms with E-state index in [-0.39, 0.29) is 17.6 Å². The number of halogens is 1. The van der Waals surface area contributed by atoms with E-state index >= 15 is 0 Å². The number of likely N-dealkylation sites (tertiary alicyclic amines) is 1. The molecule has 6 heterocycles. The number of H-pyrrole nitrogens is 2. The molecule has 1 aliphatic carbocycles. The fourth-order valence-electron chi connectivity index (χ4n) is 6.32. The summed E-state index contributed by atoms with van der Waals surface area (Å²) in [6.45, 7) is 3.53. The van der Waals surface area contributed by atoms with Crippen LogP contribution in [0.3, 0.4) is 0 Å². The van der Waals surface area contributed by atoms with Gasteiger partial charge in [0, 0.05) is 41.9 Å². The van der Waals surface area contributed by atoms with Crippen LogP contribution in [0.15, 0.2) is 67.1 Å². The van der Waals surface area contributed by atoms with Crippen LogP contribution in [0.1, 0.15) is 32.1 Å². The molecule has 5 aromatic heterocycles. The monoisotopic (exact) mass is 616 g/mol. The van der Waals surface area contributed by atoms with Crippen molar-refractivity contribution in [3.8, 4) is 39.5 Å². The Morgan fingerprint density at radius 2 is 1.91 bits per heavy atom. The molecule has 10 nitrogen and oxygen atoms in total. The molecule has 1 aliphatic heterocycles. The second-order valence-corrected chi connectivity index (χ2v) is 12.1. The summed E-state index contributed by atoms with van der Waals surface area (Å²) >= 11 is 0. The summed E-state index contributed by atoms with van der Waals surface area (Å²) in [4.78, 5) is 32.1. The van der Waals surface area contributed by atoms with Crippen LogP contribution in [0, 0.1) is 11.7 Å². The summed E-state index contributed by atoms with van der Waals surface area (Å²) in [7, 11) is 0. The lowest BCUT2D eigenvalue weighted by molar-refractivity contribution is -0.122. The van der Waals surface area contributed by atoms with E-state index in [1.165, 1.54) is 25.0 Å². The van der Waals surface area contributed by atoms with Gasteiger partial charge in [-0.15, -0.1) is 0 Å². The molecule has 46 heavy (non-hydrogen) atoms. The fourth-order valence-corrected chi connectivity index (χ4v) is 6.32. The largest absolute Gasteiger partial charge is 0.492 e. The molecule has 1 saturated carbocycles. The molecule has 0 radical (unpaired) electrons. The van der Waals surface area contributed by atoms with E-state index in [2.05, 4.69) is 35.4 Å². The number of fused-ring (bicyclic) bond motifs is 2. The number of hydrogen-bond acceptors (Lipinski definition) is 7. The van der Waals surface area contributed by atoms with Gasteiger partial charge in [-0.25, -0.2) is 14.4 Å². The molecule has 0 bridgehead atoms. The third kappa shape index (κ3) is 5.58. The Labute approximate surface area is 264 Å². The van der Waals surface area contributed by atoms with Gasteiger partial charge >= 0.3 is 0 Å². The number of hydrogen-bond donors (Lipinski definition) is 3. The van der Waals surface area contributed by atoms with Crippen molar-refractivity contribution >= 4 is 33.7 Å². The summed E-state index contributed by atoms with van der Waals surface area (Å²) in [5, 5.41) is 11.5. The van der Waals surface area contributed by atoms with Gasteiger partial charge in [0.2, 0.25) is 5.91 Å². The smallest absolute Gasteiger partial charge is 0.227 e. The van der Waals surface area contributed by atoms with Gasteiger partial charge in [-0.05, 0) is 92.4 Å². The van der Waals surface area contributed by atoms with Crippen LogP contribution in [-0.4, -0.2) is 67.2 Å². The number of nitrogens with one attached hydrogen (secondary N) is 3. The van der Waals surface area contributed by atoms with E-state index < -0.39 is 0 Å². The molecular weight excluding hydrogens is 583 g/mol. The standard InChI is InChI=1S/C35H33FN8O2/c36-24-14-22(16-26(17-24)46-13-12-44-10-1-2-11-44)27-8-9-38-34-28(27)18-31(41-34)33-32-30(42-43-33)7-6-29(40-32)23-15-25(20-37-19-23)39-35(45)21-4-3-5-21/h6-9,14-21H,1-5,10-13H2,(H,38,41)(H,39,45)(H,42,43). The summed E-state index contributed by atoms with van der Waals surface area (Å²) in [5.74, 6) is 0.271. The van der Waals surface area contributed by atoms with Crippen LogP contribution < -0.4 is 10.1 Å². The third-order valence-corrected chi connectivity index (χ3v) is 9.03. The highest BCUT2D eigenvalue weighted by Gasteiger charge is 2.25. The number of aromatic amines is 2.